The van der Waals surface area contributed by atoms with Gasteiger partial charge in [0.1, 0.15) is 5.75 Å². The molecule has 5 heteroatoms. The van der Waals surface area contributed by atoms with Crippen LogP contribution in [0, 0.1) is 0 Å². The van der Waals surface area contributed by atoms with Crippen molar-refractivity contribution in [2.24, 2.45) is 5.84 Å². The molecule has 0 aromatic heterocycles. The van der Waals surface area contributed by atoms with Gasteiger partial charge in [-0.2, -0.15) is 0 Å². The van der Waals surface area contributed by atoms with Crippen molar-refractivity contribution in [1.82, 2.24) is 5.43 Å². The molecule has 1 unspecified atom stereocenters. The van der Waals surface area contributed by atoms with Crippen LogP contribution in [0.25, 0.3) is 0 Å². The van der Waals surface area contributed by atoms with E-state index in [1.165, 1.54) is 0 Å². The summed E-state index contributed by atoms with van der Waals surface area (Å²) in [5, 5.41) is 0. The van der Waals surface area contributed by atoms with Crippen molar-refractivity contribution < 1.29 is 14.2 Å². The molecule has 0 amide bonds. The number of nitrogens with two attached hydrogens (primary N) is 1. The van der Waals surface area contributed by atoms with Crippen molar-refractivity contribution in [1.29, 1.82) is 0 Å². The minimum Gasteiger partial charge on any atom is -0.497 e. The van der Waals surface area contributed by atoms with Gasteiger partial charge in [-0.05, 0) is 17.7 Å². The molecule has 1 aliphatic rings. The maximum atomic E-state index is 5.79. The van der Waals surface area contributed by atoms with Crippen LogP contribution in [0.5, 0.6) is 5.75 Å². The minimum absolute atomic E-state index is 0.0627. The molecule has 0 radical (unpaired) electrons. The van der Waals surface area contributed by atoms with Crippen molar-refractivity contribution in [2.75, 3.05) is 27.4 Å². The van der Waals surface area contributed by atoms with Gasteiger partial charge in [0.25, 0.3) is 0 Å². The largest absolute Gasteiger partial charge is 0.497 e. The maximum absolute atomic E-state index is 5.79. The van der Waals surface area contributed by atoms with Crippen LogP contribution in [-0.2, 0) is 9.47 Å². The third-order valence-corrected chi connectivity index (χ3v) is 3.89. The second kappa shape index (κ2) is 6.34. The Morgan fingerprint density at radius 3 is 2.32 bits per heavy atom. The summed E-state index contributed by atoms with van der Waals surface area (Å²) < 4.78 is 16.4. The lowest BCUT2D eigenvalue weighted by Gasteiger charge is -2.42. The lowest BCUT2D eigenvalue weighted by atomic mass is 9.82. The Hall–Kier alpha value is -1.14. The van der Waals surface area contributed by atoms with Gasteiger partial charge in [-0.3, -0.25) is 11.3 Å². The Kier molecular flexibility index (Phi) is 4.76. The molecular weight excluding hydrogens is 244 g/mol. The fourth-order valence-electron chi connectivity index (χ4n) is 2.68. The molecule has 1 aliphatic heterocycles. The highest BCUT2D eigenvalue weighted by Crippen LogP contribution is 2.37. The van der Waals surface area contributed by atoms with Crippen LogP contribution in [0.4, 0.5) is 0 Å². The van der Waals surface area contributed by atoms with Crippen molar-refractivity contribution in [2.45, 2.75) is 24.5 Å². The smallest absolute Gasteiger partial charge is 0.118 e. The molecule has 0 saturated carbocycles. The van der Waals surface area contributed by atoms with E-state index in [1.54, 1.807) is 14.2 Å². The third-order valence-electron chi connectivity index (χ3n) is 3.89. The molecule has 1 saturated heterocycles. The van der Waals surface area contributed by atoms with Gasteiger partial charge in [-0.25, -0.2) is 0 Å². The molecule has 19 heavy (non-hydrogen) atoms. The molecule has 1 atom stereocenters. The Morgan fingerprint density at radius 2 is 1.84 bits per heavy atom. The Bertz CT molecular complexity index is 388. The molecule has 3 N–H and O–H groups in total. The number of hydrazine groups is 1. The average molecular weight is 266 g/mol. The summed E-state index contributed by atoms with van der Waals surface area (Å²) in [4.78, 5) is 0. The van der Waals surface area contributed by atoms with E-state index in [0.29, 0.717) is 13.2 Å². The molecular formula is C14H22N2O3. The number of nitrogens with one attached hydrogen (secondary N) is 1. The zero-order valence-corrected chi connectivity index (χ0v) is 11.5. The predicted octanol–water partition coefficient (Wildman–Crippen LogP) is 1.40. The number of hydrogen-bond acceptors (Lipinski definition) is 5. The highest BCUT2D eigenvalue weighted by molar-refractivity contribution is 5.30. The van der Waals surface area contributed by atoms with Crippen molar-refractivity contribution in [3.8, 4) is 5.75 Å². The first-order chi connectivity index (χ1) is 9.25. The van der Waals surface area contributed by atoms with Gasteiger partial charge in [0.15, 0.2) is 0 Å². The Balaban J connectivity index is 2.25. The Labute approximate surface area is 114 Å². The molecule has 0 spiro atoms. The molecule has 2 rings (SSSR count). The van der Waals surface area contributed by atoms with E-state index in [2.05, 4.69) is 5.43 Å². The third kappa shape index (κ3) is 2.90. The molecule has 5 nitrogen and oxygen atoms in total. The highest BCUT2D eigenvalue weighted by Gasteiger charge is 2.41. The first kappa shape index (κ1) is 14.3. The fourth-order valence-corrected chi connectivity index (χ4v) is 2.68. The standard InChI is InChI=1S/C14H22N2O3/c1-17-12-5-3-11(4-6-12)13(16-15)14(18-2)7-9-19-10-8-14/h3-6,13,16H,7-10,15H2,1-2H3. The van der Waals surface area contributed by atoms with Crippen LogP contribution >= 0.6 is 0 Å². The molecule has 106 valence electrons. The average Bonchev–Trinajstić information content (AvgIpc) is 2.49. The van der Waals surface area contributed by atoms with E-state index < -0.39 is 0 Å². The van der Waals surface area contributed by atoms with Crippen LogP contribution in [0.1, 0.15) is 24.4 Å². The summed E-state index contributed by atoms with van der Waals surface area (Å²) in [5.41, 5.74) is 3.67. The normalized spacial score (nSPS) is 19.9. The Morgan fingerprint density at radius 1 is 1.21 bits per heavy atom. The summed E-state index contributed by atoms with van der Waals surface area (Å²) in [5.74, 6) is 6.60. The fraction of sp³-hybridized carbons (Fsp3) is 0.571. The topological polar surface area (TPSA) is 65.7 Å². The van der Waals surface area contributed by atoms with Gasteiger partial charge in [0.2, 0.25) is 0 Å². The van der Waals surface area contributed by atoms with Gasteiger partial charge in [-0.15, -0.1) is 0 Å². The van der Waals surface area contributed by atoms with E-state index in [0.717, 1.165) is 24.2 Å². The second-order valence-electron chi connectivity index (χ2n) is 4.75. The maximum Gasteiger partial charge on any atom is 0.118 e. The lowest BCUT2D eigenvalue weighted by molar-refractivity contribution is -0.111. The molecule has 1 aromatic carbocycles. The first-order valence-corrected chi connectivity index (χ1v) is 6.49. The summed E-state index contributed by atoms with van der Waals surface area (Å²) in [7, 11) is 3.39. The van der Waals surface area contributed by atoms with Crippen molar-refractivity contribution in [3.05, 3.63) is 29.8 Å². The molecule has 0 bridgehead atoms. The number of hydrogen-bond donors (Lipinski definition) is 2. The summed E-state index contributed by atoms with van der Waals surface area (Å²) >= 11 is 0. The van der Waals surface area contributed by atoms with Crippen LogP contribution in [-0.4, -0.2) is 33.0 Å². The highest BCUT2D eigenvalue weighted by atomic mass is 16.5. The minimum atomic E-state index is -0.318. The van der Waals surface area contributed by atoms with E-state index in [-0.39, 0.29) is 11.6 Å². The van der Waals surface area contributed by atoms with Gasteiger partial charge >= 0.3 is 0 Å². The summed E-state index contributed by atoms with van der Waals surface area (Å²) in [6.45, 7) is 1.39. The second-order valence-corrected chi connectivity index (χ2v) is 4.75. The number of ether oxygens (including phenoxy) is 3. The van der Waals surface area contributed by atoms with Gasteiger partial charge in [-0.1, -0.05) is 12.1 Å². The van der Waals surface area contributed by atoms with E-state index in [4.69, 9.17) is 20.1 Å². The van der Waals surface area contributed by atoms with Crippen LogP contribution < -0.4 is 16.0 Å². The quantitative estimate of drug-likeness (QED) is 0.623. The summed E-state index contributed by atoms with van der Waals surface area (Å²) in [6, 6.07) is 7.83. The molecule has 1 heterocycles. The SMILES string of the molecule is COc1ccc(C(NN)C2(OC)CCOCC2)cc1. The van der Waals surface area contributed by atoms with Crippen molar-refractivity contribution in [3.63, 3.8) is 0 Å². The van der Waals surface area contributed by atoms with Gasteiger partial charge in [0, 0.05) is 33.2 Å². The summed E-state index contributed by atoms with van der Waals surface area (Å²) in [6.07, 6.45) is 1.65. The monoisotopic (exact) mass is 266 g/mol. The lowest BCUT2D eigenvalue weighted by Crippen LogP contribution is -2.51. The molecule has 1 aromatic rings. The number of benzene rings is 1. The van der Waals surface area contributed by atoms with Crippen molar-refractivity contribution >= 4 is 0 Å². The zero-order chi connectivity index (χ0) is 13.7. The first-order valence-electron chi connectivity index (χ1n) is 6.49. The van der Waals surface area contributed by atoms with Crippen LogP contribution in [0.2, 0.25) is 0 Å². The van der Waals surface area contributed by atoms with Gasteiger partial charge in [0.05, 0.1) is 18.8 Å². The molecule has 1 fully saturated rings. The predicted molar refractivity (Wildman–Crippen MR) is 72.9 cm³/mol. The van der Waals surface area contributed by atoms with Crippen LogP contribution in [0.15, 0.2) is 24.3 Å². The van der Waals surface area contributed by atoms with E-state index in [9.17, 15) is 0 Å². The van der Waals surface area contributed by atoms with E-state index >= 15 is 0 Å². The molecule has 0 aliphatic carbocycles. The van der Waals surface area contributed by atoms with Gasteiger partial charge < -0.3 is 14.2 Å². The van der Waals surface area contributed by atoms with E-state index in [1.807, 2.05) is 24.3 Å². The number of methoxy groups -OCH3 is 2. The van der Waals surface area contributed by atoms with Crippen LogP contribution in [0.3, 0.4) is 0 Å². The number of rotatable bonds is 5. The zero-order valence-electron chi connectivity index (χ0n) is 11.5.